The first-order valence-corrected chi connectivity index (χ1v) is 10.9. The maximum absolute atomic E-state index is 14.3. The molecule has 2 aliphatic heterocycles. The van der Waals surface area contributed by atoms with Gasteiger partial charge in [-0.15, -0.1) is 10.2 Å². The molecule has 1 aromatic carbocycles. The van der Waals surface area contributed by atoms with E-state index in [1.165, 1.54) is 11.0 Å². The number of anilines is 1. The summed E-state index contributed by atoms with van der Waals surface area (Å²) in [6.07, 6.45) is 6.19. The highest BCUT2D eigenvalue weighted by Gasteiger charge is 2.49. The molecule has 2 aromatic rings. The van der Waals surface area contributed by atoms with Crippen molar-refractivity contribution in [1.29, 1.82) is 0 Å². The number of ether oxygens (including phenoxy) is 1. The lowest BCUT2D eigenvalue weighted by atomic mass is 9.90. The summed E-state index contributed by atoms with van der Waals surface area (Å²) in [6, 6.07) is 9.79. The van der Waals surface area contributed by atoms with E-state index in [-0.39, 0.29) is 5.75 Å². The number of piperidine rings is 1. The third kappa shape index (κ3) is 4.40. The van der Waals surface area contributed by atoms with E-state index in [1.54, 1.807) is 36.4 Å². The molecule has 5 rings (SSSR count). The predicted molar refractivity (Wildman–Crippen MR) is 120 cm³/mol. The molecule has 3 aliphatic rings. The average Bonchev–Trinajstić information content (AvgIpc) is 3.14. The van der Waals surface area contributed by atoms with Crippen molar-refractivity contribution in [3.63, 3.8) is 0 Å². The predicted octanol–water partition coefficient (Wildman–Crippen LogP) is 3.21. The first-order valence-electron chi connectivity index (χ1n) is 10.9. The van der Waals surface area contributed by atoms with Crippen molar-refractivity contribution in [1.82, 2.24) is 15.1 Å². The molecule has 8 heteroatoms. The average molecular weight is 446 g/mol. The molecule has 1 aliphatic carbocycles. The van der Waals surface area contributed by atoms with Crippen molar-refractivity contribution in [2.45, 2.75) is 30.7 Å². The zero-order valence-electron chi connectivity index (χ0n) is 17.9. The van der Waals surface area contributed by atoms with E-state index >= 15 is 0 Å². The SMILES string of the molecule is O=C1OC2(CCN(c3ccc(C#Cc4cccc(O)c4)nn3)CC2)CN1C1C=CC=CC1F. The van der Waals surface area contributed by atoms with Gasteiger partial charge in [-0.1, -0.05) is 30.2 Å². The number of carbonyl (C=O) groups is 1. The van der Waals surface area contributed by atoms with E-state index in [2.05, 4.69) is 26.9 Å². The van der Waals surface area contributed by atoms with Crippen LogP contribution in [0.3, 0.4) is 0 Å². The molecular formula is C25H23FN4O3. The third-order valence-electron chi connectivity index (χ3n) is 6.23. The summed E-state index contributed by atoms with van der Waals surface area (Å²) in [5.74, 6) is 6.80. The van der Waals surface area contributed by atoms with Crippen molar-refractivity contribution in [3.8, 4) is 17.6 Å². The number of aromatic nitrogens is 2. The molecule has 2 unspecified atom stereocenters. The van der Waals surface area contributed by atoms with E-state index in [1.807, 2.05) is 18.2 Å². The monoisotopic (exact) mass is 446 g/mol. The van der Waals surface area contributed by atoms with Gasteiger partial charge in [0.25, 0.3) is 0 Å². The molecule has 0 radical (unpaired) electrons. The number of benzene rings is 1. The quantitative estimate of drug-likeness (QED) is 0.714. The maximum atomic E-state index is 14.3. The van der Waals surface area contributed by atoms with Crippen LogP contribution in [0.4, 0.5) is 15.0 Å². The van der Waals surface area contributed by atoms with Crippen molar-refractivity contribution in [3.05, 3.63) is 72.0 Å². The van der Waals surface area contributed by atoms with Crippen molar-refractivity contribution < 1.29 is 19.0 Å². The second-order valence-electron chi connectivity index (χ2n) is 8.45. The first-order chi connectivity index (χ1) is 16.0. The van der Waals surface area contributed by atoms with Crippen molar-refractivity contribution in [2.24, 2.45) is 0 Å². The van der Waals surface area contributed by atoms with Gasteiger partial charge in [-0.2, -0.15) is 0 Å². The standard InChI is InChI=1S/C25H23FN4O3/c26-21-6-1-2-7-22(21)30-17-25(33-24(30)32)12-14-29(15-13-25)23-11-10-19(27-28-23)9-8-18-4-3-5-20(31)16-18/h1-7,10-11,16,21-22,31H,12-15,17H2. The molecular weight excluding hydrogens is 423 g/mol. The Morgan fingerprint density at radius 1 is 1.09 bits per heavy atom. The number of hydrogen-bond donors (Lipinski definition) is 1. The number of alkyl halides is 1. The normalized spacial score (nSPS) is 23.4. The minimum atomic E-state index is -1.22. The molecule has 1 amide bonds. The topological polar surface area (TPSA) is 78.8 Å². The van der Waals surface area contributed by atoms with Gasteiger partial charge in [-0.25, -0.2) is 9.18 Å². The Labute approximate surface area is 191 Å². The number of carbonyl (C=O) groups excluding carboxylic acids is 1. The van der Waals surface area contributed by atoms with Crippen LogP contribution in [0.1, 0.15) is 24.1 Å². The van der Waals surface area contributed by atoms with Crippen LogP contribution in [-0.2, 0) is 4.74 Å². The van der Waals surface area contributed by atoms with Gasteiger partial charge >= 0.3 is 6.09 Å². The Hall–Kier alpha value is -3.86. The lowest BCUT2D eigenvalue weighted by molar-refractivity contribution is 0.0365. The minimum Gasteiger partial charge on any atom is -0.508 e. The Morgan fingerprint density at radius 2 is 1.91 bits per heavy atom. The Bertz CT molecular complexity index is 1160. The van der Waals surface area contributed by atoms with Crippen LogP contribution < -0.4 is 4.90 Å². The molecule has 3 heterocycles. The van der Waals surface area contributed by atoms with Crippen LogP contribution in [0.25, 0.3) is 0 Å². The first kappa shape index (κ1) is 21.0. The van der Waals surface area contributed by atoms with Crippen LogP contribution in [0, 0.1) is 11.8 Å². The number of hydrogen-bond acceptors (Lipinski definition) is 6. The fourth-order valence-corrected chi connectivity index (χ4v) is 4.41. The molecule has 0 bridgehead atoms. The van der Waals surface area contributed by atoms with Gasteiger partial charge in [0.2, 0.25) is 0 Å². The maximum Gasteiger partial charge on any atom is 0.411 e. The number of halogens is 1. The van der Waals surface area contributed by atoms with Gasteiger partial charge in [-0.05, 0) is 42.3 Å². The molecule has 2 saturated heterocycles. The zero-order chi connectivity index (χ0) is 22.8. The summed E-state index contributed by atoms with van der Waals surface area (Å²) in [4.78, 5) is 16.1. The van der Waals surface area contributed by atoms with E-state index in [0.29, 0.717) is 43.7 Å². The summed E-state index contributed by atoms with van der Waals surface area (Å²) >= 11 is 0. The molecule has 2 atom stereocenters. The van der Waals surface area contributed by atoms with Crippen LogP contribution in [-0.4, -0.2) is 63.7 Å². The number of phenols is 1. The minimum absolute atomic E-state index is 0.165. The Morgan fingerprint density at radius 3 is 2.64 bits per heavy atom. The van der Waals surface area contributed by atoms with Gasteiger partial charge < -0.3 is 14.7 Å². The number of phenolic OH excluding ortho intramolecular Hbond substituents is 1. The second kappa shape index (κ2) is 8.58. The highest BCUT2D eigenvalue weighted by atomic mass is 19.1. The highest BCUT2D eigenvalue weighted by Crippen LogP contribution is 2.36. The molecule has 33 heavy (non-hydrogen) atoms. The Kier molecular flexibility index (Phi) is 5.47. The summed E-state index contributed by atoms with van der Waals surface area (Å²) in [7, 11) is 0. The summed E-state index contributed by atoms with van der Waals surface area (Å²) < 4.78 is 20.0. The molecule has 7 nitrogen and oxygen atoms in total. The number of nitrogens with zero attached hydrogens (tertiary/aromatic N) is 4. The highest BCUT2D eigenvalue weighted by molar-refractivity contribution is 5.72. The molecule has 1 aromatic heterocycles. The van der Waals surface area contributed by atoms with Crippen molar-refractivity contribution >= 4 is 11.9 Å². The van der Waals surface area contributed by atoms with Gasteiger partial charge in [0.1, 0.15) is 23.2 Å². The van der Waals surface area contributed by atoms with Crippen molar-refractivity contribution in [2.75, 3.05) is 24.5 Å². The van der Waals surface area contributed by atoms with E-state index in [4.69, 9.17) is 4.74 Å². The van der Waals surface area contributed by atoms with Crippen LogP contribution in [0.2, 0.25) is 0 Å². The fourth-order valence-electron chi connectivity index (χ4n) is 4.41. The number of rotatable bonds is 2. The van der Waals surface area contributed by atoms with Crippen LogP contribution in [0.15, 0.2) is 60.7 Å². The lowest BCUT2D eigenvalue weighted by Gasteiger charge is -2.38. The van der Waals surface area contributed by atoms with E-state index in [9.17, 15) is 14.3 Å². The summed E-state index contributed by atoms with van der Waals surface area (Å²) in [6.45, 7) is 1.70. The number of allylic oxidation sites excluding steroid dienone is 2. The fraction of sp³-hybridized carbons (Fsp3) is 0.320. The number of amides is 1. The van der Waals surface area contributed by atoms with Gasteiger partial charge in [-0.3, -0.25) is 4.90 Å². The molecule has 1 spiro atoms. The lowest BCUT2D eigenvalue weighted by Crippen LogP contribution is -2.49. The van der Waals surface area contributed by atoms with E-state index in [0.717, 1.165) is 5.82 Å². The molecule has 0 saturated carbocycles. The van der Waals surface area contributed by atoms with E-state index < -0.39 is 23.9 Å². The zero-order valence-corrected chi connectivity index (χ0v) is 17.9. The van der Waals surface area contributed by atoms with Gasteiger partial charge in [0.15, 0.2) is 5.82 Å². The largest absolute Gasteiger partial charge is 0.508 e. The Balaban J connectivity index is 1.21. The number of aromatic hydroxyl groups is 1. The van der Waals surface area contributed by atoms with Gasteiger partial charge in [0, 0.05) is 31.5 Å². The smallest absolute Gasteiger partial charge is 0.411 e. The second-order valence-corrected chi connectivity index (χ2v) is 8.45. The summed E-state index contributed by atoms with van der Waals surface area (Å²) in [5.41, 5.74) is 0.634. The van der Waals surface area contributed by atoms with Gasteiger partial charge in [0.05, 0.1) is 12.6 Å². The molecule has 2 fully saturated rings. The van der Waals surface area contributed by atoms with Crippen LogP contribution in [0.5, 0.6) is 5.75 Å². The summed E-state index contributed by atoms with van der Waals surface area (Å²) in [5, 5.41) is 18.0. The molecule has 1 N–H and O–H groups in total. The third-order valence-corrected chi connectivity index (χ3v) is 6.23. The molecule has 168 valence electrons. The van der Waals surface area contributed by atoms with Crippen LogP contribution >= 0.6 is 0 Å².